The second-order valence-electron chi connectivity index (χ2n) is 5.00. The van der Waals surface area contributed by atoms with Crippen molar-refractivity contribution in [2.45, 2.75) is 45.8 Å². The third kappa shape index (κ3) is 5.58. The van der Waals surface area contributed by atoms with Crippen molar-refractivity contribution in [3.05, 3.63) is 16.6 Å². The maximum atomic E-state index is 10.1. The summed E-state index contributed by atoms with van der Waals surface area (Å²) >= 11 is 1.64. The van der Waals surface area contributed by atoms with Gasteiger partial charge >= 0.3 is 0 Å². The third-order valence-electron chi connectivity index (χ3n) is 2.55. The Morgan fingerprint density at radius 1 is 1.56 bits per heavy atom. The lowest BCUT2D eigenvalue weighted by molar-refractivity contribution is 0.0451. The summed E-state index contributed by atoms with van der Waals surface area (Å²) in [6, 6.07) is 0. The van der Waals surface area contributed by atoms with Crippen LogP contribution in [0, 0.1) is 5.92 Å². The van der Waals surface area contributed by atoms with E-state index in [-0.39, 0.29) is 0 Å². The highest BCUT2D eigenvalue weighted by Crippen LogP contribution is 2.15. The van der Waals surface area contributed by atoms with E-state index in [0.29, 0.717) is 12.5 Å². The minimum absolute atomic E-state index is 0.602. The summed E-state index contributed by atoms with van der Waals surface area (Å²) in [4.78, 5) is 5.22. The van der Waals surface area contributed by atoms with Crippen LogP contribution < -0.4 is 5.32 Å². The zero-order valence-corrected chi connectivity index (χ0v) is 11.2. The first-order valence-corrected chi connectivity index (χ1v) is 6.68. The quantitative estimate of drug-likeness (QED) is 0.772. The standard InChI is InChI=1S/C12H22N2OS/c1-10(2)4-5-12(3,15)8-13-6-11-7-14-9-16-11/h7,9-10,13,15H,4-6,8H2,1-3H3. The molecular weight excluding hydrogens is 220 g/mol. The molecule has 0 spiro atoms. The molecule has 16 heavy (non-hydrogen) atoms. The molecule has 0 aliphatic heterocycles. The summed E-state index contributed by atoms with van der Waals surface area (Å²) in [5, 5.41) is 13.4. The number of hydrogen-bond donors (Lipinski definition) is 2. The molecule has 0 saturated heterocycles. The molecule has 3 nitrogen and oxygen atoms in total. The summed E-state index contributed by atoms with van der Waals surface area (Å²) in [6.07, 6.45) is 3.77. The van der Waals surface area contributed by atoms with Crippen molar-refractivity contribution in [3.8, 4) is 0 Å². The molecule has 0 bridgehead atoms. The lowest BCUT2D eigenvalue weighted by Crippen LogP contribution is -2.37. The van der Waals surface area contributed by atoms with Crippen molar-refractivity contribution in [3.63, 3.8) is 0 Å². The fourth-order valence-corrected chi connectivity index (χ4v) is 2.04. The van der Waals surface area contributed by atoms with Gasteiger partial charge < -0.3 is 10.4 Å². The summed E-state index contributed by atoms with van der Waals surface area (Å²) in [5.74, 6) is 0.646. The number of nitrogens with zero attached hydrogens (tertiary/aromatic N) is 1. The van der Waals surface area contributed by atoms with Gasteiger partial charge in [-0.2, -0.15) is 0 Å². The molecule has 0 fully saturated rings. The summed E-state index contributed by atoms with van der Waals surface area (Å²) < 4.78 is 0. The molecule has 0 aliphatic carbocycles. The predicted octanol–water partition coefficient (Wildman–Crippen LogP) is 2.42. The third-order valence-corrected chi connectivity index (χ3v) is 3.33. The van der Waals surface area contributed by atoms with Gasteiger partial charge in [-0.25, -0.2) is 0 Å². The van der Waals surface area contributed by atoms with Crippen LogP contribution in [-0.2, 0) is 6.54 Å². The van der Waals surface area contributed by atoms with Crippen molar-refractivity contribution >= 4 is 11.3 Å². The van der Waals surface area contributed by atoms with E-state index >= 15 is 0 Å². The highest BCUT2D eigenvalue weighted by atomic mass is 32.1. The van der Waals surface area contributed by atoms with Gasteiger partial charge in [-0.3, -0.25) is 4.98 Å². The Bertz CT molecular complexity index is 283. The monoisotopic (exact) mass is 242 g/mol. The van der Waals surface area contributed by atoms with E-state index in [2.05, 4.69) is 24.1 Å². The van der Waals surface area contributed by atoms with Gasteiger partial charge in [0.05, 0.1) is 11.1 Å². The Labute approximate surface area is 102 Å². The Morgan fingerprint density at radius 2 is 2.31 bits per heavy atom. The summed E-state index contributed by atoms with van der Waals surface area (Å²) in [7, 11) is 0. The fourth-order valence-electron chi connectivity index (χ4n) is 1.47. The second-order valence-corrected chi connectivity index (χ2v) is 5.97. The molecule has 1 aromatic heterocycles. The van der Waals surface area contributed by atoms with Crippen LogP contribution in [0.5, 0.6) is 0 Å². The van der Waals surface area contributed by atoms with Crippen LogP contribution in [0.15, 0.2) is 11.7 Å². The predicted molar refractivity (Wildman–Crippen MR) is 68.5 cm³/mol. The molecule has 1 heterocycles. The average Bonchev–Trinajstić information content (AvgIpc) is 2.68. The van der Waals surface area contributed by atoms with Crippen molar-refractivity contribution < 1.29 is 5.11 Å². The molecule has 0 aliphatic rings. The molecule has 0 amide bonds. The van der Waals surface area contributed by atoms with Gasteiger partial charge in [-0.05, 0) is 25.7 Å². The van der Waals surface area contributed by atoms with Crippen LogP contribution in [0.2, 0.25) is 0 Å². The number of aromatic nitrogens is 1. The number of nitrogens with one attached hydrogen (secondary N) is 1. The van der Waals surface area contributed by atoms with Crippen LogP contribution >= 0.6 is 11.3 Å². The molecule has 92 valence electrons. The molecule has 2 N–H and O–H groups in total. The van der Waals surface area contributed by atoms with Gasteiger partial charge in [-0.1, -0.05) is 13.8 Å². The van der Waals surface area contributed by atoms with Crippen LogP contribution in [0.25, 0.3) is 0 Å². The molecule has 1 aromatic rings. The van der Waals surface area contributed by atoms with Crippen LogP contribution in [-0.4, -0.2) is 22.2 Å². The van der Waals surface area contributed by atoms with E-state index in [4.69, 9.17) is 0 Å². The first-order valence-electron chi connectivity index (χ1n) is 5.80. The maximum absolute atomic E-state index is 10.1. The molecule has 0 aromatic carbocycles. The molecule has 1 rings (SSSR count). The lowest BCUT2D eigenvalue weighted by atomic mass is 9.95. The second kappa shape index (κ2) is 6.33. The van der Waals surface area contributed by atoms with Crippen LogP contribution in [0.4, 0.5) is 0 Å². The Kier molecular flexibility index (Phi) is 5.38. The normalized spacial score (nSPS) is 15.3. The van der Waals surface area contributed by atoms with E-state index < -0.39 is 5.60 Å². The number of thiazole rings is 1. The van der Waals surface area contributed by atoms with E-state index in [1.54, 1.807) is 11.3 Å². The largest absolute Gasteiger partial charge is 0.389 e. The minimum atomic E-state index is -0.602. The van der Waals surface area contributed by atoms with Gasteiger partial charge in [-0.15, -0.1) is 11.3 Å². The van der Waals surface area contributed by atoms with Crippen molar-refractivity contribution in [2.24, 2.45) is 5.92 Å². The summed E-state index contributed by atoms with van der Waals surface area (Å²) in [6.45, 7) is 7.69. The average molecular weight is 242 g/mol. The van der Waals surface area contributed by atoms with Gasteiger partial charge in [0, 0.05) is 24.2 Å². The van der Waals surface area contributed by atoms with E-state index in [0.717, 1.165) is 19.4 Å². The molecule has 0 saturated carbocycles. The highest BCUT2D eigenvalue weighted by Gasteiger charge is 2.19. The fraction of sp³-hybridized carbons (Fsp3) is 0.750. The lowest BCUT2D eigenvalue weighted by Gasteiger charge is -2.24. The first kappa shape index (κ1) is 13.6. The molecular formula is C12H22N2OS. The van der Waals surface area contributed by atoms with E-state index in [1.807, 2.05) is 18.6 Å². The Morgan fingerprint density at radius 3 is 2.88 bits per heavy atom. The van der Waals surface area contributed by atoms with E-state index in [1.165, 1.54) is 4.88 Å². The van der Waals surface area contributed by atoms with Crippen molar-refractivity contribution in [2.75, 3.05) is 6.54 Å². The van der Waals surface area contributed by atoms with Crippen LogP contribution in [0.3, 0.4) is 0 Å². The SMILES string of the molecule is CC(C)CCC(C)(O)CNCc1cncs1. The Hall–Kier alpha value is -0.450. The minimum Gasteiger partial charge on any atom is -0.389 e. The maximum Gasteiger partial charge on any atom is 0.0794 e. The number of hydrogen-bond acceptors (Lipinski definition) is 4. The molecule has 4 heteroatoms. The van der Waals surface area contributed by atoms with E-state index in [9.17, 15) is 5.11 Å². The molecule has 1 unspecified atom stereocenters. The summed E-state index contributed by atoms with van der Waals surface area (Å²) in [5.41, 5.74) is 1.23. The van der Waals surface area contributed by atoms with Gasteiger partial charge in [0.2, 0.25) is 0 Å². The number of rotatable bonds is 7. The molecule has 1 atom stereocenters. The van der Waals surface area contributed by atoms with Crippen LogP contribution in [0.1, 0.15) is 38.5 Å². The smallest absolute Gasteiger partial charge is 0.0794 e. The zero-order valence-electron chi connectivity index (χ0n) is 10.4. The van der Waals surface area contributed by atoms with Gasteiger partial charge in [0.1, 0.15) is 0 Å². The number of aliphatic hydroxyl groups is 1. The zero-order chi connectivity index (χ0) is 12.0. The van der Waals surface area contributed by atoms with Gasteiger partial charge in [0.25, 0.3) is 0 Å². The Balaban J connectivity index is 2.20. The topological polar surface area (TPSA) is 45.1 Å². The molecule has 0 radical (unpaired) electrons. The van der Waals surface area contributed by atoms with Crippen molar-refractivity contribution in [1.29, 1.82) is 0 Å². The first-order chi connectivity index (χ1) is 7.49. The van der Waals surface area contributed by atoms with Gasteiger partial charge in [0.15, 0.2) is 0 Å². The van der Waals surface area contributed by atoms with Crippen molar-refractivity contribution in [1.82, 2.24) is 10.3 Å². The highest BCUT2D eigenvalue weighted by molar-refractivity contribution is 7.09.